The van der Waals surface area contributed by atoms with Crippen molar-refractivity contribution >= 4 is 23.4 Å². The maximum absolute atomic E-state index is 13.6. The summed E-state index contributed by atoms with van der Waals surface area (Å²) >= 11 is 6.24. The third-order valence-electron chi connectivity index (χ3n) is 7.66. The first-order valence-corrected chi connectivity index (χ1v) is 13.3. The van der Waals surface area contributed by atoms with Crippen molar-refractivity contribution in [2.45, 2.75) is 38.5 Å². The number of hydrogen-bond acceptors (Lipinski definition) is 3. The zero-order chi connectivity index (χ0) is 24.8. The van der Waals surface area contributed by atoms with E-state index in [2.05, 4.69) is 0 Å². The van der Waals surface area contributed by atoms with Gasteiger partial charge in [0.15, 0.2) is 0 Å². The number of piperidine rings is 3. The van der Waals surface area contributed by atoms with Crippen LogP contribution in [0.2, 0.25) is 5.02 Å². The maximum Gasteiger partial charge on any atom is 0.419 e. The predicted octanol–water partition coefficient (Wildman–Crippen LogP) is 6.91. The second kappa shape index (κ2) is 11.4. The summed E-state index contributed by atoms with van der Waals surface area (Å²) in [5.41, 5.74) is 1.92. The van der Waals surface area contributed by atoms with Gasteiger partial charge in [-0.1, -0.05) is 72.3 Å². The standard InChI is InChI=1S/C30H34ClN2O3/c31-27-14-7-8-15-28(27)35-21-9-18-33-19-16-24(17-20-33)22-29(33)36-30(34)32(26-12-5-2-6-13-26)23-25-10-3-1-4-11-25/h1-8,10-15,24,29H,9,16-23H2/q+1. The van der Waals surface area contributed by atoms with Crippen LogP contribution in [-0.4, -0.2) is 43.0 Å². The van der Waals surface area contributed by atoms with Gasteiger partial charge in [-0.2, -0.15) is 0 Å². The van der Waals surface area contributed by atoms with Crippen LogP contribution in [0, 0.1) is 5.92 Å². The van der Waals surface area contributed by atoms with Crippen molar-refractivity contribution in [2.75, 3.05) is 31.1 Å². The van der Waals surface area contributed by atoms with Gasteiger partial charge in [0.25, 0.3) is 0 Å². The summed E-state index contributed by atoms with van der Waals surface area (Å²) in [6, 6.07) is 27.5. The fraction of sp³-hybridized carbons (Fsp3) is 0.367. The fourth-order valence-corrected chi connectivity index (χ4v) is 5.82. The molecule has 36 heavy (non-hydrogen) atoms. The molecule has 3 aliphatic heterocycles. The van der Waals surface area contributed by atoms with Gasteiger partial charge in [-0.05, 0) is 35.7 Å². The van der Waals surface area contributed by atoms with E-state index in [4.69, 9.17) is 21.1 Å². The molecule has 5 nitrogen and oxygen atoms in total. The quantitative estimate of drug-likeness (QED) is 0.234. The number of hydrogen-bond donors (Lipinski definition) is 0. The lowest BCUT2D eigenvalue weighted by molar-refractivity contribution is -0.984. The number of rotatable bonds is 9. The van der Waals surface area contributed by atoms with Crippen molar-refractivity contribution in [3.05, 3.63) is 95.5 Å². The second-order valence-electron chi connectivity index (χ2n) is 9.95. The average molecular weight is 506 g/mol. The number of anilines is 1. The number of ether oxygens (including phenoxy) is 2. The highest BCUT2D eigenvalue weighted by atomic mass is 35.5. The molecule has 2 bridgehead atoms. The number of carbonyl (C=O) groups is 1. The van der Waals surface area contributed by atoms with Crippen LogP contribution in [0.25, 0.3) is 0 Å². The van der Waals surface area contributed by atoms with Gasteiger partial charge in [-0.3, -0.25) is 9.38 Å². The van der Waals surface area contributed by atoms with Crippen molar-refractivity contribution in [3.8, 4) is 5.75 Å². The van der Waals surface area contributed by atoms with E-state index in [9.17, 15) is 4.79 Å². The van der Waals surface area contributed by atoms with Crippen molar-refractivity contribution in [3.63, 3.8) is 0 Å². The van der Waals surface area contributed by atoms with E-state index in [0.29, 0.717) is 24.1 Å². The van der Waals surface area contributed by atoms with Crippen molar-refractivity contribution < 1.29 is 18.8 Å². The van der Waals surface area contributed by atoms with E-state index in [1.165, 1.54) is 12.8 Å². The number of benzene rings is 3. The molecular formula is C30H34ClN2O3+. The molecule has 1 unspecified atom stereocenters. The van der Waals surface area contributed by atoms with Crippen LogP contribution in [-0.2, 0) is 11.3 Å². The largest absolute Gasteiger partial charge is 0.492 e. The Kier molecular flexibility index (Phi) is 7.78. The maximum atomic E-state index is 13.6. The molecule has 1 atom stereocenters. The van der Waals surface area contributed by atoms with Crippen LogP contribution >= 0.6 is 11.6 Å². The van der Waals surface area contributed by atoms with E-state index < -0.39 is 0 Å². The van der Waals surface area contributed by atoms with E-state index in [0.717, 1.165) is 54.0 Å². The monoisotopic (exact) mass is 505 g/mol. The molecule has 6 heteroatoms. The Balaban J connectivity index is 1.27. The Hall–Kier alpha value is -3.02. The van der Waals surface area contributed by atoms with Gasteiger partial charge in [0.2, 0.25) is 6.23 Å². The van der Waals surface area contributed by atoms with Crippen molar-refractivity contribution in [2.24, 2.45) is 5.92 Å². The molecule has 0 radical (unpaired) electrons. The fourth-order valence-electron chi connectivity index (χ4n) is 5.63. The lowest BCUT2D eigenvalue weighted by atomic mass is 9.84. The van der Waals surface area contributed by atoms with E-state index in [-0.39, 0.29) is 12.3 Å². The molecule has 3 saturated heterocycles. The number of carbonyl (C=O) groups excluding carboxylic acids is 1. The van der Waals surface area contributed by atoms with Crippen LogP contribution < -0.4 is 9.64 Å². The molecule has 3 aromatic carbocycles. The van der Waals surface area contributed by atoms with E-state index in [1.54, 1.807) is 4.90 Å². The summed E-state index contributed by atoms with van der Waals surface area (Å²) in [5, 5.41) is 0.634. The lowest BCUT2D eigenvalue weighted by Gasteiger charge is -2.53. The van der Waals surface area contributed by atoms with Gasteiger partial charge < -0.3 is 9.47 Å². The minimum Gasteiger partial charge on any atom is -0.492 e. The van der Waals surface area contributed by atoms with Gasteiger partial charge in [0.1, 0.15) is 5.75 Å². The third-order valence-corrected chi connectivity index (χ3v) is 7.97. The Morgan fingerprint density at radius 3 is 2.31 bits per heavy atom. The molecule has 188 valence electrons. The first kappa shape index (κ1) is 24.7. The summed E-state index contributed by atoms with van der Waals surface area (Å²) in [4.78, 5) is 15.4. The predicted molar refractivity (Wildman–Crippen MR) is 143 cm³/mol. The van der Waals surface area contributed by atoms with E-state index in [1.807, 2.05) is 84.9 Å². The highest BCUT2D eigenvalue weighted by molar-refractivity contribution is 6.32. The molecule has 3 aliphatic rings. The summed E-state index contributed by atoms with van der Waals surface area (Å²) in [7, 11) is 0. The number of halogens is 1. The zero-order valence-corrected chi connectivity index (χ0v) is 21.4. The Labute approximate surface area is 218 Å². The smallest absolute Gasteiger partial charge is 0.419 e. The summed E-state index contributed by atoms with van der Waals surface area (Å²) in [5.74, 6) is 1.36. The Morgan fingerprint density at radius 1 is 0.917 bits per heavy atom. The van der Waals surface area contributed by atoms with Crippen LogP contribution in [0.4, 0.5) is 10.5 Å². The minimum absolute atomic E-state index is 0.118. The average Bonchev–Trinajstić information content (AvgIpc) is 2.92. The molecule has 6 rings (SSSR count). The molecule has 0 aliphatic carbocycles. The molecule has 0 spiro atoms. The van der Waals surface area contributed by atoms with Crippen LogP contribution in [0.1, 0.15) is 31.2 Å². The van der Waals surface area contributed by atoms with Gasteiger partial charge >= 0.3 is 6.09 Å². The first-order chi connectivity index (χ1) is 17.6. The van der Waals surface area contributed by atoms with Crippen molar-refractivity contribution in [1.29, 1.82) is 0 Å². The summed E-state index contributed by atoms with van der Waals surface area (Å²) in [6.45, 7) is 4.11. The highest BCUT2D eigenvalue weighted by Gasteiger charge is 2.49. The van der Waals surface area contributed by atoms with Gasteiger partial charge in [0, 0.05) is 31.4 Å². The van der Waals surface area contributed by atoms with Gasteiger partial charge in [-0.25, -0.2) is 4.79 Å². The Bertz CT molecular complexity index is 1130. The van der Waals surface area contributed by atoms with Crippen LogP contribution in [0.3, 0.4) is 0 Å². The molecule has 0 N–H and O–H groups in total. The molecule has 0 saturated carbocycles. The van der Waals surface area contributed by atoms with Gasteiger partial charge in [0.05, 0.1) is 37.8 Å². The molecule has 3 fully saturated rings. The second-order valence-corrected chi connectivity index (χ2v) is 10.4. The number of para-hydroxylation sites is 2. The third kappa shape index (κ3) is 5.69. The highest BCUT2D eigenvalue weighted by Crippen LogP contribution is 2.39. The summed E-state index contributed by atoms with van der Waals surface area (Å²) < 4.78 is 13.1. The zero-order valence-electron chi connectivity index (χ0n) is 20.6. The molecule has 1 amide bonds. The molecule has 0 aromatic heterocycles. The Morgan fingerprint density at radius 2 is 1.58 bits per heavy atom. The normalized spacial score (nSPS) is 22.7. The summed E-state index contributed by atoms with van der Waals surface area (Å²) in [6.07, 6.45) is 3.83. The lowest BCUT2D eigenvalue weighted by Crippen LogP contribution is -2.66. The van der Waals surface area contributed by atoms with Crippen LogP contribution in [0.5, 0.6) is 5.75 Å². The molecule has 3 heterocycles. The number of fused-ring (bicyclic) bond motifs is 3. The van der Waals surface area contributed by atoms with Crippen LogP contribution in [0.15, 0.2) is 84.9 Å². The number of nitrogens with zero attached hydrogens (tertiary/aromatic N) is 2. The van der Waals surface area contributed by atoms with E-state index >= 15 is 0 Å². The number of amides is 1. The number of quaternary nitrogens is 1. The minimum atomic E-state index is -0.271. The first-order valence-electron chi connectivity index (χ1n) is 12.9. The molecular weight excluding hydrogens is 472 g/mol. The molecule has 3 aromatic rings. The van der Waals surface area contributed by atoms with Crippen molar-refractivity contribution in [1.82, 2.24) is 0 Å². The topological polar surface area (TPSA) is 38.8 Å². The van der Waals surface area contributed by atoms with Gasteiger partial charge in [-0.15, -0.1) is 0 Å². The SMILES string of the molecule is O=C(OC1CC2CC[N+]1(CCCOc1ccccc1Cl)CC2)N(Cc1ccccc1)c1ccccc1.